The highest BCUT2D eigenvalue weighted by molar-refractivity contribution is 6.04. The Kier molecular flexibility index (Phi) is 7.43. The number of amides is 2. The van der Waals surface area contributed by atoms with Crippen molar-refractivity contribution in [2.75, 3.05) is 5.32 Å². The number of ether oxygens (including phenoxy) is 1. The molecule has 0 aromatic heterocycles. The van der Waals surface area contributed by atoms with Gasteiger partial charge in [-0.25, -0.2) is 0 Å². The van der Waals surface area contributed by atoms with Gasteiger partial charge in [0.15, 0.2) is 6.10 Å². The van der Waals surface area contributed by atoms with Crippen molar-refractivity contribution in [3.63, 3.8) is 0 Å². The molecular formula is C24H32N2O3. The maximum Gasteiger partial charge on any atom is 0.265 e. The Bertz CT molecular complexity index is 836. The molecule has 0 aliphatic heterocycles. The molecule has 0 radical (unpaired) electrons. The lowest BCUT2D eigenvalue weighted by atomic mass is 9.87. The SMILES string of the molecule is CCC(Oc1ccc(C(C)(C)C)cc1)C(=O)Nc1ccccc1C(=O)NC(C)C. The predicted molar refractivity (Wildman–Crippen MR) is 118 cm³/mol. The lowest BCUT2D eigenvalue weighted by molar-refractivity contribution is -0.122. The quantitative estimate of drug-likeness (QED) is 0.698. The van der Waals surface area contributed by atoms with E-state index in [0.29, 0.717) is 23.4 Å². The van der Waals surface area contributed by atoms with Gasteiger partial charge in [-0.3, -0.25) is 9.59 Å². The Labute approximate surface area is 173 Å². The van der Waals surface area contributed by atoms with Crippen molar-refractivity contribution in [1.82, 2.24) is 5.32 Å². The van der Waals surface area contributed by atoms with E-state index in [1.54, 1.807) is 24.3 Å². The second-order valence-corrected chi connectivity index (χ2v) is 8.45. The Morgan fingerprint density at radius 2 is 1.62 bits per heavy atom. The molecule has 0 saturated carbocycles. The normalized spacial score (nSPS) is 12.4. The van der Waals surface area contributed by atoms with Crippen LogP contribution in [0.25, 0.3) is 0 Å². The lowest BCUT2D eigenvalue weighted by Gasteiger charge is -2.21. The predicted octanol–water partition coefficient (Wildman–Crippen LogP) is 4.92. The van der Waals surface area contributed by atoms with Crippen LogP contribution in [0.5, 0.6) is 5.75 Å². The highest BCUT2D eigenvalue weighted by Crippen LogP contribution is 2.25. The average molecular weight is 397 g/mol. The maximum atomic E-state index is 12.8. The summed E-state index contributed by atoms with van der Waals surface area (Å²) in [5.41, 5.74) is 2.16. The lowest BCUT2D eigenvalue weighted by Crippen LogP contribution is -2.34. The van der Waals surface area contributed by atoms with Gasteiger partial charge < -0.3 is 15.4 Å². The Morgan fingerprint density at radius 1 is 1.00 bits per heavy atom. The third kappa shape index (κ3) is 6.34. The van der Waals surface area contributed by atoms with E-state index in [9.17, 15) is 9.59 Å². The molecule has 1 unspecified atom stereocenters. The highest BCUT2D eigenvalue weighted by Gasteiger charge is 2.21. The van der Waals surface area contributed by atoms with E-state index in [-0.39, 0.29) is 23.3 Å². The van der Waals surface area contributed by atoms with Gasteiger partial charge in [-0.15, -0.1) is 0 Å². The van der Waals surface area contributed by atoms with Gasteiger partial charge in [-0.1, -0.05) is 52.0 Å². The van der Waals surface area contributed by atoms with E-state index >= 15 is 0 Å². The number of benzene rings is 2. The summed E-state index contributed by atoms with van der Waals surface area (Å²) < 4.78 is 5.92. The largest absolute Gasteiger partial charge is 0.481 e. The highest BCUT2D eigenvalue weighted by atomic mass is 16.5. The van der Waals surface area contributed by atoms with Crippen LogP contribution in [0.15, 0.2) is 48.5 Å². The van der Waals surface area contributed by atoms with Crippen LogP contribution >= 0.6 is 0 Å². The van der Waals surface area contributed by atoms with Crippen LogP contribution in [0, 0.1) is 0 Å². The molecule has 2 rings (SSSR count). The molecule has 5 nitrogen and oxygen atoms in total. The number of carbonyl (C=O) groups excluding carboxylic acids is 2. The standard InChI is InChI=1S/C24H32N2O3/c1-7-21(29-18-14-12-17(13-15-18)24(4,5)6)23(28)26-20-11-9-8-10-19(20)22(27)25-16(2)3/h8-16,21H,7H2,1-6H3,(H,25,27)(H,26,28). The van der Waals surface area contributed by atoms with Crippen LogP contribution in [0.2, 0.25) is 0 Å². The molecule has 156 valence electrons. The van der Waals surface area contributed by atoms with Gasteiger partial charge in [0.25, 0.3) is 11.8 Å². The molecule has 0 bridgehead atoms. The molecule has 0 spiro atoms. The molecular weight excluding hydrogens is 364 g/mol. The molecule has 5 heteroatoms. The fourth-order valence-electron chi connectivity index (χ4n) is 2.86. The van der Waals surface area contributed by atoms with E-state index in [1.807, 2.05) is 45.0 Å². The van der Waals surface area contributed by atoms with Crippen molar-refractivity contribution in [3.8, 4) is 5.75 Å². The maximum absolute atomic E-state index is 12.8. The van der Waals surface area contributed by atoms with Crippen LogP contribution < -0.4 is 15.4 Å². The molecule has 0 saturated heterocycles. The number of nitrogens with one attached hydrogen (secondary N) is 2. The zero-order chi connectivity index (χ0) is 21.6. The van der Waals surface area contributed by atoms with E-state index in [1.165, 1.54) is 5.56 Å². The minimum absolute atomic E-state index is 0.00838. The van der Waals surface area contributed by atoms with Crippen LogP contribution in [0.4, 0.5) is 5.69 Å². The number of para-hydroxylation sites is 1. The van der Waals surface area contributed by atoms with Gasteiger partial charge in [0, 0.05) is 6.04 Å². The second kappa shape index (κ2) is 9.59. The number of hydrogen-bond acceptors (Lipinski definition) is 3. The number of anilines is 1. The summed E-state index contributed by atoms with van der Waals surface area (Å²) >= 11 is 0. The monoisotopic (exact) mass is 396 g/mol. The molecule has 1 atom stereocenters. The van der Waals surface area contributed by atoms with E-state index in [4.69, 9.17) is 4.74 Å². The van der Waals surface area contributed by atoms with Crippen LogP contribution in [0.3, 0.4) is 0 Å². The zero-order valence-corrected chi connectivity index (χ0v) is 18.2. The Balaban J connectivity index is 2.12. The molecule has 0 heterocycles. The first-order valence-electron chi connectivity index (χ1n) is 10.1. The second-order valence-electron chi connectivity index (χ2n) is 8.45. The molecule has 0 fully saturated rings. The zero-order valence-electron chi connectivity index (χ0n) is 18.2. The van der Waals surface area contributed by atoms with Crippen molar-refractivity contribution in [2.24, 2.45) is 0 Å². The molecule has 2 aromatic rings. The summed E-state index contributed by atoms with van der Waals surface area (Å²) in [6.45, 7) is 12.1. The van der Waals surface area contributed by atoms with Crippen LogP contribution in [-0.4, -0.2) is 24.0 Å². The fourth-order valence-corrected chi connectivity index (χ4v) is 2.86. The van der Waals surface area contributed by atoms with E-state index < -0.39 is 6.10 Å². The van der Waals surface area contributed by atoms with Gasteiger partial charge in [0.05, 0.1) is 11.3 Å². The smallest absolute Gasteiger partial charge is 0.265 e. The first kappa shape index (κ1) is 22.5. The molecule has 2 N–H and O–H groups in total. The molecule has 0 aliphatic rings. The minimum atomic E-state index is -0.656. The summed E-state index contributed by atoms with van der Waals surface area (Å²) in [4.78, 5) is 25.2. The van der Waals surface area contributed by atoms with Crippen LogP contribution in [-0.2, 0) is 10.2 Å². The average Bonchev–Trinajstić information content (AvgIpc) is 2.65. The van der Waals surface area contributed by atoms with E-state index in [0.717, 1.165) is 0 Å². The topological polar surface area (TPSA) is 67.4 Å². The number of hydrogen-bond donors (Lipinski definition) is 2. The summed E-state index contributed by atoms with van der Waals surface area (Å²) in [7, 11) is 0. The van der Waals surface area contributed by atoms with Crippen molar-refractivity contribution in [2.45, 2.75) is 65.5 Å². The Hall–Kier alpha value is -2.82. The molecule has 2 aromatic carbocycles. The summed E-state index contributed by atoms with van der Waals surface area (Å²) in [5, 5.41) is 5.70. The number of carbonyl (C=O) groups is 2. The van der Waals surface area contributed by atoms with Gasteiger partial charge >= 0.3 is 0 Å². The molecule has 0 aliphatic carbocycles. The van der Waals surface area contributed by atoms with Crippen molar-refractivity contribution < 1.29 is 14.3 Å². The molecule has 29 heavy (non-hydrogen) atoms. The third-order valence-corrected chi connectivity index (χ3v) is 4.51. The van der Waals surface area contributed by atoms with Crippen LogP contribution in [0.1, 0.15) is 63.9 Å². The third-order valence-electron chi connectivity index (χ3n) is 4.51. The van der Waals surface area contributed by atoms with Gasteiger partial charge in [-0.05, 0) is 55.5 Å². The minimum Gasteiger partial charge on any atom is -0.481 e. The van der Waals surface area contributed by atoms with Gasteiger partial charge in [0.2, 0.25) is 0 Å². The fraction of sp³-hybridized carbons (Fsp3) is 0.417. The van der Waals surface area contributed by atoms with E-state index in [2.05, 4.69) is 31.4 Å². The first-order chi connectivity index (χ1) is 13.6. The number of rotatable bonds is 7. The van der Waals surface area contributed by atoms with Gasteiger partial charge in [-0.2, -0.15) is 0 Å². The summed E-state index contributed by atoms with van der Waals surface area (Å²) in [6.07, 6.45) is -0.149. The Morgan fingerprint density at radius 3 is 2.17 bits per heavy atom. The summed E-state index contributed by atoms with van der Waals surface area (Å²) in [5.74, 6) is 0.144. The summed E-state index contributed by atoms with van der Waals surface area (Å²) in [6, 6.07) is 14.8. The first-order valence-corrected chi connectivity index (χ1v) is 10.1. The van der Waals surface area contributed by atoms with Crippen molar-refractivity contribution in [1.29, 1.82) is 0 Å². The van der Waals surface area contributed by atoms with Crippen molar-refractivity contribution in [3.05, 3.63) is 59.7 Å². The van der Waals surface area contributed by atoms with Crippen molar-refractivity contribution >= 4 is 17.5 Å². The van der Waals surface area contributed by atoms with Gasteiger partial charge in [0.1, 0.15) is 5.75 Å². The molecule has 2 amide bonds.